The molecule has 0 bridgehead atoms. The van der Waals surface area contributed by atoms with Crippen LogP contribution in [-0.4, -0.2) is 51.4 Å². The van der Waals surface area contributed by atoms with Crippen molar-refractivity contribution < 1.29 is 9.59 Å². The molecule has 1 aliphatic rings. The fraction of sp³-hybridized carbons (Fsp3) is 0.529. The number of carbonyl (C=O) groups is 2. The third-order valence-corrected chi connectivity index (χ3v) is 4.62. The van der Waals surface area contributed by atoms with E-state index in [0.717, 1.165) is 31.6 Å². The summed E-state index contributed by atoms with van der Waals surface area (Å²) >= 11 is 0. The lowest BCUT2D eigenvalue weighted by Gasteiger charge is -2.33. The fourth-order valence-corrected chi connectivity index (χ4v) is 3.27. The maximum Gasteiger partial charge on any atom is 0.256 e. The number of carbonyl (C=O) groups excluding carboxylic acids is 2. The Bertz CT molecular complexity index is 759. The summed E-state index contributed by atoms with van der Waals surface area (Å²) in [7, 11) is 1.59. The number of hydrogen-bond acceptors (Lipinski definition) is 4. The van der Waals surface area contributed by atoms with E-state index >= 15 is 0 Å². The lowest BCUT2D eigenvalue weighted by atomic mass is 9.92. The second-order valence-electron chi connectivity index (χ2n) is 6.50. The van der Waals surface area contributed by atoms with Crippen LogP contribution in [0.3, 0.4) is 0 Å². The number of nitrogens with one attached hydrogen (secondary N) is 1. The van der Waals surface area contributed by atoms with Crippen molar-refractivity contribution >= 4 is 17.5 Å². The van der Waals surface area contributed by atoms with E-state index in [-0.39, 0.29) is 17.7 Å². The number of hydrogen-bond donors (Lipinski definition) is 1. The molecule has 1 saturated heterocycles. The van der Waals surface area contributed by atoms with Gasteiger partial charge in [-0.3, -0.25) is 9.59 Å². The number of fused-ring (bicyclic) bond motifs is 1. The third-order valence-electron chi connectivity index (χ3n) is 4.62. The number of amides is 2. The molecule has 3 rings (SSSR count). The van der Waals surface area contributed by atoms with Crippen LogP contribution in [-0.2, 0) is 4.79 Å². The summed E-state index contributed by atoms with van der Waals surface area (Å²) in [6.07, 6.45) is 5.08. The Morgan fingerprint density at radius 1 is 1.29 bits per heavy atom. The predicted octanol–water partition coefficient (Wildman–Crippen LogP) is 1.45. The molecule has 0 atom stereocenters. The van der Waals surface area contributed by atoms with Gasteiger partial charge in [-0.2, -0.15) is 5.10 Å². The standard InChI is InChI=1S/C17H23N5O2/c1-11(2)17(24)21-8-5-12(6-9-21)14-4-7-19-15-13(16(23)18-3)10-20-22(14)15/h4,7,10-12H,5-6,8-9H2,1-3H3,(H,18,23). The minimum atomic E-state index is -0.188. The van der Waals surface area contributed by atoms with E-state index in [4.69, 9.17) is 0 Å². The zero-order valence-electron chi connectivity index (χ0n) is 14.3. The van der Waals surface area contributed by atoms with Gasteiger partial charge in [-0.15, -0.1) is 0 Å². The molecule has 2 amide bonds. The summed E-state index contributed by atoms with van der Waals surface area (Å²) in [6, 6.07) is 1.96. The smallest absolute Gasteiger partial charge is 0.256 e. The van der Waals surface area contributed by atoms with Crippen LogP contribution in [0.25, 0.3) is 5.65 Å². The summed E-state index contributed by atoms with van der Waals surface area (Å²) < 4.78 is 1.76. The zero-order chi connectivity index (χ0) is 17.3. The third kappa shape index (κ3) is 2.86. The first-order valence-electron chi connectivity index (χ1n) is 8.36. The summed E-state index contributed by atoms with van der Waals surface area (Å²) in [6.45, 7) is 5.39. The highest BCUT2D eigenvalue weighted by atomic mass is 16.2. The number of piperidine rings is 1. The van der Waals surface area contributed by atoms with Crippen LogP contribution in [0.1, 0.15) is 48.7 Å². The second kappa shape index (κ2) is 6.59. The highest BCUT2D eigenvalue weighted by Gasteiger charge is 2.27. The summed E-state index contributed by atoms with van der Waals surface area (Å²) in [5, 5.41) is 6.97. The molecule has 2 aromatic heterocycles. The van der Waals surface area contributed by atoms with Crippen molar-refractivity contribution in [3.8, 4) is 0 Å². The highest BCUT2D eigenvalue weighted by molar-refractivity contribution is 5.99. The molecule has 7 nitrogen and oxygen atoms in total. The van der Waals surface area contributed by atoms with Crippen molar-refractivity contribution in [2.45, 2.75) is 32.6 Å². The van der Waals surface area contributed by atoms with Gasteiger partial charge in [0.2, 0.25) is 5.91 Å². The average Bonchev–Trinajstić information content (AvgIpc) is 3.04. The van der Waals surface area contributed by atoms with Crippen molar-refractivity contribution in [3.63, 3.8) is 0 Å². The summed E-state index contributed by atoms with van der Waals surface area (Å²) in [5.74, 6) is 0.376. The fourth-order valence-electron chi connectivity index (χ4n) is 3.27. The van der Waals surface area contributed by atoms with Gasteiger partial charge in [0.25, 0.3) is 5.91 Å². The Labute approximate surface area is 141 Å². The molecule has 1 N–H and O–H groups in total. The zero-order valence-corrected chi connectivity index (χ0v) is 14.3. The molecule has 2 aromatic rings. The van der Waals surface area contributed by atoms with E-state index in [2.05, 4.69) is 15.4 Å². The van der Waals surface area contributed by atoms with Crippen molar-refractivity contribution in [1.29, 1.82) is 0 Å². The number of rotatable bonds is 3. The van der Waals surface area contributed by atoms with E-state index < -0.39 is 0 Å². The monoisotopic (exact) mass is 329 g/mol. The molecule has 1 fully saturated rings. The van der Waals surface area contributed by atoms with Gasteiger partial charge in [0.05, 0.1) is 6.20 Å². The molecule has 0 saturated carbocycles. The normalized spacial score (nSPS) is 15.9. The minimum Gasteiger partial charge on any atom is -0.355 e. The average molecular weight is 329 g/mol. The first-order valence-corrected chi connectivity index (χ1v) is 8.36. The lowest BCUT2D eigenvalue weighted by molar-refractivity contribution is -0.135. The van der Waals surface area contributed by atoms with E-state index in [9.17, 15) is 9.59 Å². The quantitative estimate of drug-likeness (QED) is 0.924. The first kappa shape index (κ1) is 16.4. The van der Waals surface area contributed by atoms with E-state index in [1.54, 1.807) is 24.0 Å². The van der Waals surface area contributed by atoms with Gasteiger partial charge >= 0.3 is 0 Å². The van der Waals surface area contributed by atoms with Crippen molar-refractivity contribution in [1.82, 2.24) is 24.8 Å². The van der Waals surface area contributed by atoms with Gasteiger partial charge in [0.15, 0.2) is 5.65 Å². The van der Waals surface area contributed by atoms with Gasteiger partial charge in [-0.25, -0.2) is 9.50 Å². The molecule has 3 heterocycles. The molecule has 7 heteroatoms. The van der Waals surface area contributed by atoms with E-state index in [1.165, 1.54) is 0 Å². The van der Waals surface area contributed by atoms with Crippen molar-refractivity contribution in [3.05, 3.63) is 29.7 Å². The van der Waals surface area contributed by atoms with Crippen LogP contribution >= 0.6 is 0 Å². The summed E-state index contributed by atoms with van der Waals surface area (Å²) in [4.78, 5) is 30.3. The van der Waals surface area contributed by atoms with Crippen LogP contribution in [0.2, 0.25) is 0 Å². The Kier molecular flexibility index (Phi) is 4.51. The number of likely N-dealkylation sites (tertiary alicyclic amines) is 1. The topological polar surface area (TPSA) is 79.6 Å². The minimum absolute atomic E-state index is 0.0374. The Morgan fingerprint density at radius 3 is 2.62 bits per heavy atom. The molecular weight excluding hydrogens is 306 g/mol. The molecule has 0 spiro atoms. The molecule has 1 aliphatic heterocycles. The van der Waals surface area contributed by atoms with Crippen LogP contribution in [0.4, 0.5) is 0 Å². The molecular formula is C17H23N5O2. The molecule has 24 heavy (non-hydrogen) atoms. The van der Waals surface area contributed by atoms with E-state index in [1.807, 2.05) is 24.8 Å². The Morgan fingerprint density at radius 2 is 2.00 bits per heavy atom. The largest absolute Gasteiger partial charge is 0.355 e. The van der Waals surface area contributed by atoms with Gasteiger partial charge < -0.3 is 10.2 Å². The molecule has 0 aromatic carbocycles. The summed E-state index contributed by atoms with van der Waals surface area (Å²) in [5.41, 5.74) is 2.10. The lowest BCUT2D eigenvalue weighted by Crippen LogP contribution is -2.40. The van der Waals surface area contributed by atoms with Crippen LogP contribution in [0, 0.1) is 5.92 Å². The predicted molar refractivity (Wildman–Crippen MR) is 89.8 cm³/mol. The maximum absolute atomic E-state index is 12.1. The van der Waals surface area contributed by atoms with Crippen molar-refractivity contribution in [2.24, 2.45) is 5.92 Å². The Balaban J connectivity index is 1.83. The second-order valence-corrected chi connectivity index (χ2v) is 6.50. The van der Waals surface area contributed by atoms with Crippen LogP contribution in [0.15, 0.2) is 18.5 Å². The number of nitrogens with zero attached hydrogens (tertiary/aromatic N) is 4. The first-order chi connectivity index (χ1) is 11.5. The molecule has 0 aliphatic carbocycles. The van der Waals surface area contributed by atoms with Gasteiger partial charge in [-0.1, -0.05) is 13.8 Å². The SMILES string of the molecule is CNC(=O)c1cnn2c(C3CCN(C(=O)C(C)C)CC3)ccnc12. The van der Waals surface area contributed by atoms with Crippen LogP contribution in [0.5, 0.6) is 0 Å². The molecule has 0 unspecified atom stereocenters. The van der Waals surface area contributed by atoms with Gasteiger partial charge in [-0.05, 0) is 18.9 Å². The molecule has 128 valence electrons. The van der Waals surface area contributed by atoms with Crippen molar-refractivity contribution in [2.75, 3.05) is 20.1 Å². The van der Waals surface area contributed by atoms with E-state index in [0.29, 0.717) is 17.1 Å². The maximum atomic E-state index is 12.1. The van der Waals surface area contributed by atoms with Crippen LogP contribution < -0.4 is 5.32 Å². The highest BCUT2D eigenvalue weighted by Crippen LogP contribution is 2.29. The van der Waals surface area contributed by atoms with Gasteiger partial charge in [0, 0.05) is 43.9 Å². The van der Waals surface area contributed by atoms with Gasteiger partial charge in [0.1, 0.15) is 5.56 Å². The number of aromatic nitrogens is 3. The molecule has 0 radical (unpaired) electrons. The Hall–Kier alpha value is -2.44.